The largest absolute Gasteiger partial charge is 0.480 e. The lowest BCUT2D eigenvalue weighted by Gasteiger charge is -2.27. The van der Waals surface area contributed by atoms with E-state index in [9.17, 15) is 48.7 Å². The van der Waals surface area contributed by atoms with Crippen LogP contribution in [-0.4, -0.2) is 125 Å². The molecule has 0 aliphatic carbocycles. The summed E-state index contributed by atoms with van der Waals surface area (Å²) in [5.74, 6) is -4.71. The molecule has 0 saturated carbocycles. The van der Waals surface area contributed by atoms with Gasteiger partial charge in [-0.15, -0.1) is 0 Å². The maximum absolute atomic E-state index is 12.9. The highest BCUT2D eigenvalue weighted by Crippen LogP contribution is 2.20. The summed E-state index contributed by atoms with van der Waals surface area (Å²) in [5, 5.41) is 39.7. The van der Waals surface area contributed by atoms with E-state index >= 15 is 0 Å². The summed E-state index contributed by atoms with van der Waals surface area (Å²) in [6.07, 6.45) is 6.26. The van der Waals surface area contributed by atoms with Crippen molar-refractivity contribution in [2.75, 3.05) is 31.6 Å². The van der Waals surface area contributed by atoms with Crippen LogP contribution in [0.1, 0.15) is 94.3 Å². The van der Waals surface area contributed by atoms with Crippen molar-refractivity contribution in [2.24, 2.45) is 16.6 Å². The van der Waals surface area contributed by atoms with Gasteiger partial charge in [0.25, 0.3) is 5.91 Å². The van der Waals surface area contributed by atoms with E-state index in [2.05, 4.69) is 37.1 Å². The van der Waals surface area contributed by atoms with E-state index < -0.39 is 54.8 Å². The van der Waals surface area contributed by atoms with E-state index in [1.54, 1.807) is 12.1 Å². The normalized spacial score (nSPS) is 17.5. The van der Waals surface area contributed by atoms with Crippen LogP contribution in [0, 0.1) is 5.92 Å². The second-order valence-corrected chi connectivity index (χ2v) is 14.1. The molecule has 2 aliphatic heterocycles. The lowest BCUT2D eigenvalue weighted by molar-refractivity contribution is -0.143. The third-order valence-electron chi connectivity index (χ3n) is 9.67. The fraction of sp³-hybridized carbons (Fsp3) is 0.611. The number of hydrazine groups is 1. The number of unbranched alkanes of at least 4 members (excludes halogenated alkanes) is 3. The summed E-state index contributed by atoms with van der Waals surface area (Å²) in [6.45, 7) is 2.52. The van der Waals surface area contributed by atoms with Crippen LogP contribution in [0.25, 0.3) is 0 Å². The summed E-state index contributed by atoms with van der Waals surface area (Å²) in [6, 6.07) is 4.14. The van der Waals surface area contributed by atoms with Crippen molar-refractivity contribution < 1.29 is 48.7 Å². The van der Waals surface area contributed by atoms with Crippen molar-refractivity contribution in [3.63, 3.8) is 0 Å². The Morgan fingerprint density at radius 1 is 0.982 bits per heavy atom. The number of likely N-dealkylation sites (tertiary alicyclic amines) is 1. The molecule has 56 heavy (non-hydrogen) atoms. The Morgan fingerprint density at radius 2 is 1.70 bits per heavy atom. The number of amides is 5. The standard InChI is InChI=1S/C36H56BN9O10/c1-23(35(52)46-17-7-9-30(46)37(55)56)42-33(50)24-12-14-26(15-13-24)44-45-32(49)11-4-2-3-10-31(48)40-16-6-5-8-29(36(53)54)43-34(51)25(19-28(47)20-38)18-27-21-39-22-41-27/h12-15,22-23,25,27,29-30,44,55-56H,2-11,16-21,38H2,1H3,(H,39,41)(H,40,48)(H,42,50)(H,43,51)(H,45,49)(H,53,54)/t23-,25-,27?,29+,30+/m1/s1. The number of nitrogens with one attached hydrogen (secondary N) is 6. The molecule has 1 aromatic rings. The molecule has 308 valence electrons. The summed E-state index contributed by atoms with van der Waals surface area (Å²) in [7, 11) is -1.64. The van der Waals surface area contributed by atoms with Gasteiger partial charge >= 0.3 is 13.1 Å². The van der Waals surface area contributed by atoms with Crippen molar-refractivity contribution in [1.29, 1.82) is 0 Å². The minimum atomic E-state index is -1.64. The number of ketones is 1. The van der Waals surface area contributed by atoms with Gasteiger partial charge in [-0.3, -0.25) is 44.6 Å². The van der Waals surface area contributed by atoms with Crippen molar-refractivity contribution in [3.8, 4) is 0 Å². The van der Waals surface area contributed by atoms with Crippen LogP contribution in [0.5, 0.6) is 0 Å². The smallest absolute Gasteiger partial charge is 0.475 e. The molecule has 2 heterocycles. The number of rotatable bonds is 25. The molecule has 5 amide bonds. The van der Waals surface area contributed by atoms with E-state index in [1.807, 2.05) is 0 Å². The number of aliphatic imine (C=N–C) groups is 1. The molecule has 1 saturated heterocycles. The van der Waals surface area contributed by atoms with Gasteiger partial charge in [-0.05, 0) is 82.6 Å². The SMILES string of the molecule is C[C@@H](NC(=O)c1ccc(NNC(=O)CCCCCC(=O)NCCCC[C@H](NC(=O)[C@@H](CC(=O)CN)CC2CN=CN2)C(=O)O)cc1)C(=O)N1CCC[C@H]1B(O)O. The number of aliphatic carboxylic acids is 1. The number of nitrogens with zero attached hydrogens (tertiary/aromatic N) is 2. The average Bonchev–Trinajstić information content (AvgIpc) is 3.89. The van der Waals surface area contributed by atoms with Crippen LogP contribution in [0.2, 0.25) is 0 Å². The van der Waals surface area contributed by atoms with Crippen LogP contribution in [0.3, 0.4) is 0 Å². The minimum absolute atomic E-state index is 0.0854. The maximum Gasteiger partial charge on any atom is 0.475 e. The molecule has 11 N–H and O–H groups in total. The predicted molar refractivity (Wildman–Crippen MR) is 207 cm³/mol. The molecule has 2 aliphatic rings. The van der Waals surface area contributed by atoms with Gasteiger partial charge in [0, 0.05) is 49.9 Å². The van der Waals surface area contributed by atoms with E-state index in [4.69, 9.17) is 5.73 Å². The molecule has 0 radical (unpaired) electrons. The maximum atomic E-state index is 12.9. The van der Waals surface area contributed by atoms with Crippen molar-refractivity contribution in [1.82, 2.24) is 31.6 Å². The fourth-order valence-corrected chi connectivity index (χ4v) is 6.48. The second kappa shape index (κ2) is 23.8. The van der Waals surface area contributed by atoms with Crippen LogP contribution >= 0.6 is 0 Å². The lowest BCUT2D eigenvalue weighted by Crippen LogP contribution is -2.52. The number of anilines is 1. The molecular weight excluding hydrogens is 729 g/mol. The van der Waals surface area contributed by atoms with E-state index in [0.29, 0.717) is 82.3 Å². The zero-order valence-electron chi connectivity index (χ0n) is 31.8. The van der Waals surface area contributed by atoms with E-state index in [-0.39, 0.29) is 55.9 Å². The third-order valence-corrected chi connectivity index (χ3v) is 9.67. The Balaban J connectivity index is 1.24. The van der Waals surface area contributed by atoms with E-state index in [1.165, 1.54) is 30.3 Å². The van der Waals surface area contributed by atoms with Gasteiger partial charge in [0.1, 0.15) is 17.9 Å². The molecule has 0 aromatic heterocycles. The Labute approximate surface area is 326 Å². The number of hydrogen-bond acceptors (Lipinski definition) is 13. The third kappa shape index (κ3) is 15.6. The highest BCUT2D eigenvalue weighted by Gasteiger charge is 2.38. The molecule has 19 nitrogen and oxygen atoms in total. The Morgan fingerprint density at radius 3 is 2.34 bits per heavy atom. The van der Waals surface area contributed by atoms with Gasteiger partial charge in [0.2, 0.25) is 23.6 Å². The molecule has 3 rings (SSSR count). The molecule has 20 heteroatoms. The van der Waals surface area contributed by atoms with Crippen molar-refractivity contribution >= 4 is 60.4 Å². The van der Waals surface area contributed by atoms with Gasteiger partial charge < -0.3 is 47.1 Å². The monoisotopic (exact) mass is 785 g/mol. The first kappa shape index (κ1) is 45.3. The quantitative estimate of drug-likeness (QED) is 0.0323. The van der Waals surface area contributed by atoms with Crippen molar-refractivity contribution in [3.05, 3.63) is 29.8 Å². The van der Waals surface area contributed by atoms with Crippen LogP contribution in [0.15, 0.2) is 29.3 Å². The number of Topliss-reactive ketones (excluding diaryl/α,β-unsaturated/α-hetero) is 1. The molecule has 1 fully saturated rings. The summed E-state index contributed by atoms with van der Waals surface area (Å²) in [5.41, 5.74) is 11.6. The first-order chi connectivity index (χ1) is 26.8. The average molecular weight is 786 g/mol. The lowest BCUT2D eigenvalue weighted by atomic mass is 9.78. The molecule has 0 bridgehead atoms. The molecule has 5 atom stereocenters. The number of carbonyl (C=O) groups excluding carboxylic acids is 6. The predicted octanol–water partition coefficient (Wildman–Crippen LogP) is -1.02. The van der Waals surface area contributed by atoms with Crippen LogP contribution in [0.4, 0.5) is 5.69 Å². The van der Waals surface area contributed by atoms with Gasteiger partial charge in [-0.25, -0.2) is 4.79 Å². The van der Waals surface area contributed by atoms with Crippen LogP contribution < -0.4 is 37.9 Å². The number of nitrogens with two attached hydrogens (primary N) is 1. The van der Waals surface area contributed by atoms with Gasteiger partial charge in [-0.1, -0.05) is 6.42 Å². The topological polar surface area (TPSA) is 294 Å². The zero-order chi connectivity index (χ0) is 41.0. The van der Waals surface area contributed by atoms with Gasteiger partial charge in [-0.2, -0.15) is 0 Å². The fourth-order valence-electron chi connectivity index (χ4n) is 6.48. The van der Waals surface area contributed by atoms with Gasteiger partial charge in [0.15, 0.2) is 0 Å². The van der Waals surface area contributed by atoms with Crippen LogP contribution in [-0.2, 0) is 28.8 Å². The first-order valence-corrected chi connectivity index (χ1v) is 19.2. The molecule has 1 unspecified atom stereocenters. The summed E-state index contributed by atoms with van der Waals surface area (Å²) in [4.78, 5) is 92.1. The minimum Gasteiger partial charge on any atom is -0.480 e. The molecule has 1 aromatic carbocycles. The number of hydrogen-bond donors (Lipinski definition) is 10. The van der Waals surface area contributed by atoms with E-state index in [0.717, 1.165) is 0 Å². The Kier molecular flexibility index (Phi) is 19.2. The van der Waals surface area contributed by atoms with Crippen molar-refractivity contribution in [2.45, 2.75) is 108 Å². The number of benzene rings is 1. The zero-order valence-corrected chi connectivity index (χ0v) is 31.8. The Bertz CT molecular complexity index is 1520. The second-order valence-electron chi connectivity index (χ2n) is 14.1. The highest BCUT2D eigenvalue weighted by atomic mass is 16.4. The number of carboxylic acids is 1. The highest BCUT2D eigenvalue weighted by molar-refractivity contribution is 6.43. The number of carboxylic acid groups (broad SMARTS) is 1. The Hall–Kier alpha value is -5.08. The molecular formula is C36H56BN9O10. The first-order valence-electron chi connectivity index (χ1n) is 19.2. The van der Waals surface area contributed by atoms with Gasteiger partial charge in [0.05, 0.1) is 31.1 Å². The molecule has 0 spiro atoms. The summed E-state index contributed by atoms with van der Waals surface area (Å²) >= 11 is 0. The summed E-state index contributed by atoms with van der Waals surface area (Å²) < 4.78 is 0. The number of carbonyl (C=O) groups is 7.